The number of likely N-dealkylation sites (tertiary alicyclic amines) is 1. The molecule has 0 N–H and O–H groups in total. The van der Waals surface area contributed by atoms with Gasteiger partial charge < -0.3 is 9.64 Å². The molecule has 1 amide bonds. The predicted molar refractivity (Wildman–Crippen MR) is 74.0 cm³/mol. The highest BCUT2D eigenvalue weighted by Crippen LogP contribution is 2.17. The van der Waals surface area contributed by atoms with E-state index in [9.17, 15) is 4.79 Å². The van der Waals surface area contributed by atoms with Crippen LogP contribution in [-0.4, -0.2) is 35.0 Å². The molecule has 0 radical (unpaired) electrons. The minimum absolute atomic E-state index is 0.0452. The van der Waals surface area contributed by atoms with E-state index < -0.39 is 0 Å². The summed E-state index contributed by atoms with van der Waals surface area (Å²) in [5.74, 6) is 0.713. The largest absolute Gasteiger partial charge is 0.472 e. The fourth-order valence-corrected chi connectivity index (χ4v) is 2.12. The normalized spacial score (nSPS) is 18.3. The van der Waals surface area contributed by atoms with Crippen LogP contribution in [-0.2, 0) is 4.79 Å². The molecule has 1 aliphatic rings. The van der Waals surface area contributed by atoms with Crippen LogP contribution in [0.3, 0.4) is 0 Å². The molecule has 1 saturated heterocycles. The van der Waals surface area contributed by atoms with Gasteiger partial charge >= 0.3 is 0 Å². The lowest BCUT2D eigenvalue weighted by atomic mass is 10.3. The maximum atomic E-state index is 11.9. The van der Waals surface area contributed by atoms with E-state index >= 15 is 0 Å². The molecule has 0 spiro atoms. The Morgan fingerprint density at radius 3 is 2.95 bits per heavy atom. The van der Waals surface area contributed by atoms with Crippen molar-refractivity contribution in [2.24, 2.45) is 0 Å². The predicted octanol–water partition coefficient (Wildman–Crippen LogP) is 2.34. The number of allylic oxidation sites excluding steroid dienone is 1. The van der Waals surface area contributed by atoms with Gasteiger partial charge in [0.15, 0.2) is 0 Å². The molecule has 19 heavy (non-hydrogen) atoms. The smallest absolute Gasteiger partial charge is 0.246 e. The maximum absolute atomic E-state index is 11.9. The van der Waals surface area contributed by atoms with Gasteiger partial charge in [-0.1, -0.05) is 11.6 Å². The second kappa shape index (κ2) is 5.87. The molecule has 0 aromatic carbocycles. The number of hydrogen-bond acceptors (Lipinski definition) is 3. The standard InChI is InChI=1S/C15H20N2O2/c1-11(2)9-15(18)17-8-7-13(10-17)19-14-6-4-5-12(3)16-14/h4-6,9,13H,7-8,10H2,1-3H3. The van der Waals surface area contributed by atoms with Crippen LogP contribution in [0.1, 0.15) is 26.0 Å². The third-order valence-electron chi connectivity index (χ3n) is 3.02. The minimum atomic E-state index is 0.0452. The topological polar surface area (TPSA) is 42.4 Å². The summed E-state index contributed by atoms with van der Waals surface area (Å²) in [4.78, 5) is 18.0. The van der Waals surface area contributed by atoms with E-state index in [0.29, 0.717) is 12.4 Å². The Hall–Kier alpha value is -1.84. The van der Waals surface area contributed by atoms with Gasteiger partial charge in [0.1, 0.15) is 6.10 Å². The van der Waals surface area contributed by atoms with Crippen molar-refractivity contribution >= 4 is 5.91 Å². The van der Waals surface area contributed by atoms with Crippen molar-refractivity contribution in [1.29, 1.82) is 0 Å². The number of rotatable bonds is 3. The number of aromatic nitrogens is 1. The molecule has 0 bridgehead atoms. The number of nitrogens with zero attached hydrogens (tertiary/aromatic N) is 2. The first kappa shape index (κ1) is 13.6. The van der Waals surface area contributed by atoms with Gasteiger partial charge in [0.05, 0.1) is 6.54 Å². The van der Waals surface area contributed by atoms with Crippen molar-refractivity contribution in [3.63, 3.8) is 0 Å². The number of aryl methyl sites for hydroxylation is 1. The summed E-state index contributed by atoms with van der Waals surface area (Å²) in [5, 5.41) is 0. The second-order valence-corrected chi connectivity index (χ2v) is 5.15. The highest BCUT2D eigenvalue weighted by molar-refractivity contribution is 5.88. The molecule has 1 atom stereocenters. The van der Waals surface area contributed by atoms with Crippen LogP contribution in [0.5, 0.6) is 5.88 Å². The Kier molecular flexibility index (Phi) is 4.20. The van der Waals surface area contributed by atoms with Crippen LogP contribution in [0.25, 0.3) is 0 Å². The lowest BCUT2D eigenvalue weighted by Crippen LogP contribution is -2.29. The molecule has 1 unspecified atom stereocenters. The lowest BCUT2D eigenvalue weighted by Gasteiger charge is -2.15. The fraction of sp³-hybridized carbons (Fsp3) is 0.467. The number of ether oxygens (including phenoxy) is 1. The zero-order valence-corrected chi connectivity index (χ0v) is 11.7. The van der Waals surface area contributed by atoms with Crippen molar-refractivity contribution < 1.29 is 9.53 Å². The van der Waals surface area contributed by atoms with Crippen molar-refractivity contribution in [2.75, 3.05) is 13.1 Å². The first-order valence-electron chi connectivity index (χ1n) is 6.59. The number of carbonyl (C=O) groups excluding carboxylic acids is 1. The summed E-state index contributed by atoms with van der Waals surface area (Å²) >= 11 is 0. The van der Waals surface area contributed by atoms with Gasteiger partial charge in [-0.3, -0.25) is 4.79 Å². The Morgan fingerprint density at radius 1 is 1.47 bits per heavy atom. The lowest BCUT2D eigenvalue weighted by molar-refractivity contribution is -0.125. The Balaban J connectivity index is 1.92. The SMILES string of the molecule is CC(C)=CC(=O)N1CCC(Oc2cccc(C)n2)C1. The Morgan fingerprint density at radius 2 is 2.26 bits per heavy atom. The van der Waals surface area contributed by atoms with Gasteiger partial charge in [-0.25, -0.2) is 4.98 Å². The van der Waals surface area contributed by atoms with Gasteiger partial charge in [-0.15, -0.1) is 0 Å². The number of carbonyl (C=O) groups is 1. The zero-order valence-electron chi connectivity index (χ0n) is 11.7. The third kappa shape index (κ3) is 3.81. The van der Waals surface area contributed by atoms with Gasteiger partial charge in [0.25, 0.3) is 0 Å². The molecule has 1 fully saturated rings. The Bertz CT molecular complexity index is 493. The molecule has 0 saturated carbocycles. The third-order valence-corrected chi connectivity index (χ3v) is 3.02. The van der Waals surface area contributed by atoms with E-state index in [0.717, 1.165) is 24.2 Å². The van der Waals surface area contributed by atoms with Crippen LogP contribution >= 0.6 is 0 Å². The Labute approximate surface area is 114 Å². The van der Waals surface area contributed by atoms with Crippen molar-refractivity contribution in [3.8, 4) is 5.88 Å². The van der Waals surface area contributed by atoms with E-state index in [1.54, 1.807) is 6.08 Å². The summed E-state index contributed by atoms with van der Waals surface area (Å²) in [5.41, 5.74) is 1.96. The van der Waals surface area contributed by atoms with Gasteiger partial charge in [-0.2, -0.15) is 0 Å². The van der Waals surface area contributed by atoms with Crippen LogP contribution in [0.2, 0.25) is 0 Å². The van der Waals surface area contributed by atoms with E-state index in [4.69, 9.17) is 4.74 Å². The highest BCUT2D eigenvalue weighted by Gasteiger charge is 2.26. The van der Waals surface area contributed by atoms with Crippen LogP contribution in [0.15, 0.2) is 29.8 Å². The molecule has 2 rings (SSSR count). The molecule has 102 valence electrons. The molecule has 1 aliphatic heterocycles. The molecular weight excluding hydrogens is 240 g/mol. The average Bonchev–Trinajstić information content (AvgIpc) is 2.76. The second-order valence-electron chi connectivity index (χ2n) is 5.15. The summed E-state index contributed by atoms with van der Waals surface area (Å²) in [6, 6.07) is 5.72. The summed E-state index contributed by atoms with van der Waals surface area (Å²) in [6.07, 6.45) is 2.58. The van der Waals surface area contributed by atoms with Crippen LogP contribution < -0.4 is 4.74 Å². The zero-order chi connectivity index (χ0) is 13.8. The average molecular weight is 260 g/mol. The molecular formula is C15H20N2O2. The summed E-state index contributed by atoms with van der Waals surface area (Å²) < 4.78 is 5.82. The number of hydrogen-bond donors (Lipinski definition) is 0. The first-order valence-corrected chi connectivity index (χ1v) is 6.59. The monoisotopic (exact) mass is 260 g/mol. The minimum Gasteiger partial charge on any atom is -0.472 e. The summed E-state index contributed by atoms with van der Waals surface area (Å²) in [6.45, 7) is 7.18. The number of pyridine rings is 1. The van der Waals surface area contributed by atoms with E-state index in [1.807, 2.05) is 43.9 Å². The maximum Gasteiger partial charge on any atom is 0.246 e. The van der Waals surface area contributed by atoms with Gasteiger partial charge in [0.2, 0.25) is 11.8 Å². The van der Waals surface area contributed by atoms with Crippen LogP contribution in [0.4, 0.5) is 0 Å². The quantitative estimate of drug-likeness (QED) is 0.783. The molecule has 1 aromatic rings. The van der Waals surface area contributed by atoms with Crippen molar-refractivity contribution in [3.05, 3.63) is 35.5 Å². The van der Waals surface area contributed by atoms with Crippen LogP contribution in [0, 0.1) is 6.92 Å². The number of amides is 1. The molecule has 1 aromatic heterocycles. The van der Waals surface area contributed by atoms with E-state index in [1.165, 1.54) is 0 Å². The molecule has 0 aliphatic carbocycles. The van der Waals surface area contributed by atoms with Crippen molar-refractivity contribution in [1.82, 2.24) is 9.88 Å². The van der Waals surface area contributed by atoms with Gasteiger partial charge in [0, 0.05) is 30.8 Å². The van der Waals surface area contributed by atoms with Crippen molar-refractivity contribution in [2.45, 2.75) is 33.3 Å². The molecule has 4 heteroatoms. The highest BCUT2D eigenvalue weighted by atomic mass is 16.5. The molecule has 4 nitrogen and oxygen atoms in total. The van der Waals surface area contributed by atoms with E-state index in [2.05, 4.69) is 4.98 Å². The molecule has 2 heterocycles. The fourth-order valence-electron chi connectivity index (χ4n) is 2.12. The summed E-state index contributed by atoms with van der Waals surface area (Å²) in [7, 11) is 0. The first-order chi connectivity index (χ1) is 9.04. The van der Waals surface area contributed by atoms with E-state index in [-0.39, 0.29) is 12.0 Å². The van der Waals surface area contributed by atoms with Gasteiger partial charge in [-0.05, 0) is 26.8 Å².